The summed E-state index contributed by atoms with van der Waals surface area (Å²) >= 11 is 0. The Morgan fingerprint density at radius 2 is 1.53 bits per heavy atom. The van der Waals surface area contributed by atoms with Crippen molar-refractivity contribution in [3.63, 3.8) is 0 Å². The first-order chi connectivity index (χ1) is 6.63. The van der Waals surface area contributed by atoms with Crippen LogP contribution in [-0.4, -0.2) is 25.6 Å². The summed E-state index contributed by atoms with van der Waals surface area (Å²) in [5.74, 6) is 0.907. The summed E-state index contributed by atoms with van der Waals surface area (Å²) in [5, 5.41) is 2.87. The second kappa shape index (κ2) is 15.0. The molecule has 1 amide bonds. The Kier molecular flexibility index (Phi) is 24.9. The topological polar surface area (TPSA) is 41.5 Å². The van der Waals surface area contributed by atoms with E-state index in [1.54, 1.807) is 0 Å². The van der Waals surface area contributed by atoms with Crippen molar-refractivity contribution in [2.24, 2.45) is 22.7 Å². The van der Waals surface area contributed by atoms with Crippen molar-refractivity contribution in [2.45, 2.75) is 19.9 Å². The molecule has 0 bridgehead atoms. The van der Waals surface area contributed by atoms with E-state index in [1.165, 1.54) is 0 Å². The zero-order valence-electron chi connectivity index (χ0n) is 11.3. The smallest absolute Gasteiger partial charge is 0.259 e. The van der Waals surface area contributed by atoms with Crippen molar-refractivity contribution >= 4 is 19.6 Å². The molecule has 4 unspecified atom stereocenters. The largest absolute Gasteiger partial charge is 0.380 e. The molecular formula is C10H13BN2OY5-2. The van der Waals surface area contributed by atoms with E-state index in [0.29, 0.717) is 17.5 Å². The normalized spacial score (nSPS) is 33.2. The molecule has 89 valence electrons. The molecule has 1 N–H and O–H groups in total. The van der Waals surface area contributed by atoms with Gasteiger partial charge in [-0.2, -0.15) is 11.8 Å². The molecule has 0 aromatic heterocycles. The van der Waals surface area contributed by atoms with E-state index < -0.39 is 0 Å². The standard InChI is InChI=1S/C10H13BN2O.5Y/c1-5-3-7-8(4-6(5)2)12-10(14)9(7)13-11;;;;;/h3-8H,1-2H3,(H,12,14);;;;;/q-2;;;;;. The predicted molar refractivity (Wildman–Crippen MR) is 55.5 cm³/mol. The zero-order valence-corrected chi connectivity index (χ0v) is 25.5. The first-order valence-corrected chi connectivity index (χ1v) is 4.92. The molecule has 1 aliphatic heterocycles. The molecular weight excluding hydrogens is 619 g/mol. The van der Waals surface area contributed by atoms with Crippen LogP contribution in [-0.2, 0) is 168 Å². The molecule has 1 saturated heterocycles. The van der Waals surface area contributed by atoms with E-state index >= 15 is 0 Å². The van der Waals surface area contributed by atoms with Gasteiger partial charge in [-0.05, 0) is 0 Å². The Morgan fingerprint density at radius 3 is 2.00 bits per heavy atom. The van der Waals surface area contributed by atoms with Gasteiger partial charge in [-0.25, -0.2) is 0 Å². The Bertz CT molecular complexity index is 306. The molecule has 2 fully saturated rings. The molecule has 0 aromatic carbocycles. The number of rotatable bonds is 0. The van der Waals surface area contributed by atoms with Gasteiger partial charge in [-0.1, -0.05) is 13.8 Å². The quantitative estimate of drug-likeness (QED) is 0.304. The van der Waals surface area contributed by atoms with Crippen LogP contribution in [0.5, 0.6) is 0 Å². The van der Waals surface area contributed by atoms with Gasteiger partial charge in [0.1, 0.15) is 0 Å². The van der Waals surface area contributed by atoms with E-state index in [9.17, 15) is 4.79 Å². The third kappa shape index (κ3) is 8.09. The van der Waals surface area contributed by atoms with E-state index in [0.717, 1.165) is 0 Å². The molecule has 1 saturated carbocycles. The van der Waals surface area contributed by atoms with E-state index in [-0.39, 0.29) is 181 Å². The molecule has 4 atom stereocenters. The number of nitrogens with one attached hydrogen (secondary N) is 1. The van der Waals surface area contributed by atoms with E-state index in [2.05, 4.69) is 36.9 Å². The average molecular weight is 633 g/mol. The van der Waals surface area contributed by atoms with Gasteiger partial charge in [0.15, 0.2) is 0 Å². The van der Waals surface area contributed by atoms with Gasteiger partial charge < -0.3 is 23.1 Å². The van der Waals surface area contributed by atoms with Crippen LogP contribution in [0, 0.1) is 30.6 Å². The molecule has 3 nitrogen and oxygen atoms in total. The van der Waals surface area contributed by atoms with E-state index in [1.807, 2.05) is 0 Å². The number of carbonyl (C=O) groups excluding carboxylic acids is 1. The molecule has 1 heterocycles. The van der Waals surface area contributed by atoms with Crippen LogP contribution >= 0.6 is 0 Å². The maximum atomic E-state index is 11.4. The first kappa shape index (κ1) is 31.5. The second-order valence-corrected chi connectivity index (χ2v) is 4.14. The van der Waals surface area contributed by atoms with Crippen LogP contribution in [0.1, 0.15) is 13.8 Å². The summed E-state index contributed by atoms with van der Waals surface area (Å²) in [6, 6.07) is 0.0935. The molecule has 19 heavy (non-hydrogen) atoms. The fraction of sp³-hybridized carbons (Fsp3) is 0.600. The number of amides is 1. The Hall–Kier alpha value is 4.72. The van der Waals surface area contributed by atoms with Crippen LogP contribution in [0.2, 0.25) is 0 Å². The predicted octanol–water partition coefficient (Wildman–Crippen LogP) is 0.307. The number of hydrogen-bond donors (Lipinski definition) is 1. The van der Waals surface area contributed by atoms with Crippen LogP contribution in [0.3, 0.4) is 0 Å². The Morgan fingerprint density at radius 1 is 1.05 bits per heavy atom. The van der Waals surface area contributed by atoms with E-state index in [4.69, 9.17) is 7.98 Å². The summed E-state index contributed by atoms with van der Waals surface area (Å²) in [6.45, 7) is 4.30. The molecule has 7 radical (unpaired) electrons. The van der Waals surface area contributed by atoms with Crippen molar-refractivity contribution in [1.29, 1.82) is 0 Å². The van der Waals surface area contributed by atoms with Crippen LogP contribution in [0.15, 0.2) is 4.90 Å². The maximum Gasteiger partial charge on any atom is 0.259 e. The van der Waals surface area contributed by atoms with Crippen molar-refractivity contribution in [1.82, 2.24) is 5.32 Å². The third-order valence-corrected chi connectivity index (χ3v) is 3.22. The first-order valence-electron chi connectivity index (χ1n) is 4.92. The third-order valence-electron chi connectivity index (χ3n) is 3.22. The fourth-order valence-electron chi connectivity index (χ4n) is 2.16. The van der Waals surface area contributed by atoms with Gasteiger partial charge in [0.05, 0.1) is 5.71 Å². The number of nitrogens with zero attached hydrogens (tertiary/aromatic N) is 1. The SMILES string of the molecule is [B]N=C1C(=O)NC2[CH-]C(C)C(C)[CH-]C12.[Y].[Y].[Y].[Y].[Y]. The van der Waals surface area contributed by atoms with Gasteiger partial charge in [0, 0.05) is 164 Å². The van der Waals surface area contributed by atoms with Crippen molar-refractivity contribution in [3.8, 4) is 0 Å². The molecule has 1 aliphatic carbocycles. The van der Waals surface area contributed by atoms with Crippen LogP contribution in [0.4, 0.5) is 0 Å². The Balaban J connectivity index is -0.000000225. The maximum absolute atomic E-state index is 11.4. The minimum Gasteiger partial charge on any atom is -0.380 e. The number of carbonyl (C=O) groups is 1. The van der Waals surface area contributed by atoms with Crippen molar-refractivity contribution < 1.29 is 168 Å². The fourth-order valence-corrected chi connectivity index (χ4v) is 2.16. The molecule has 2 rings (SSSR count). The summed E-state index contributed by atoms with van der Waals surface area (Å²) in [7, 11) is 5.20. The van der Waals surface area contributed by atoms with Crippen LogP contribution < -0.4 is 5.32 Å². The minimum absolute atomic E-state index is 0. The van der Waals surface area contributed by atoms with Gasteiger partial charge in [0.25, 0.3) is 13.9 Å². The molecule has 0 aromatic rings. The second-order valence-electron chi connectivity index (χ2n) is 4.14. The molecule has 0 spiro atoms. The average Bonchev–Trinajstić information content (AvgIpc) is 2.42. The summed E-state index contributed by atoms with van der Waals surface area (Å²) < 4.78 is 0. The molecule has 9 heteroatoms. The van der Waals surface area contributed by atoms with Crippen LogP contribution in [0.25, 0.3) is 0 Å². The van der Waals surface area contributed by atoms with Gasteiger partial charge >= 0.3 is 0 Å². The summed E-state index contributed by atoms with van der Waals surface area (Å²) in [6.07, 6.45) is 4.34. The summed E-state index contributed by atoms with van der Waals surface area (Å²) in [4.78, 5) is 15.0. The Labute approximate surface area is 243 Å². The monoisotopic (exact) mass is 633 g/mol. The number of fused-ring (bicyclic) bond motifs is 1. The van der Waals surface area contributed by atoms with Gasteiger partial charge in [-0.15, -0.1) is 12.0 Å². The van der Waals surface area contributed by atoms with Gasteiger partial charge in [0.2, 0.25) is 0 Å². The minimum atomic E-state index is -0.128. The van der Waals surface area contributed by atoms with Crippen molar-refractivity contribution in [3.05, 3.63) is 12.8 Å². The zero-order chi connectivity index (χ0) is 10.3. The summed E-state index contributed by atoms with van der Waals surface area (Å²) in [5.41, 5.74) is 0.463. The van der Waals surface area contributed by atoms with Crippen molar-refractivity contribution in [2.75, 3.05) is 0 Å². The molecule has 2 aliphatic rings. The number of hydrogen-bond acceptors (Lipinski definition) is 2. The van der Waals surface area contributed by atoms with Gasteiger partial charge in [-0.3, -0.25) is 4.79 Å².